The molecule has 0 saturated heterocycles. The number of halogens is 3. The summed E-state index contributed by atoms with van der Waals surface area (Å²) in [5.41, 5.74) is -1.28. The highest BCUT2D eigenvalue weighted by Crippen LogP contribution is 2.41. The fraction of sp³-hybridized carbons (Fsp3) is 0.556. The molecule has 13 heteroatoms. The molecule has 1 aliphatic carbocycles. The van der Waals surface area contributed by atoms with Gasteiger partial charge >= 0.3 is 6.18 Å². The maximum Gasteiger partial charge on any atom is 0.422 e. The number of rotatable bonds is 8. The van der Waals surface area contributed by atoms with E-state index in [9.17, 15) is 26.7 Å². The lowest BCUT2D eigenvalue weighted by Gasteiger charge is -2.29. The summed E-state index contributed by atoms with van der Waals surface area (Å²) in [4.78, 5) is 20.8. The number of hydrogen-bond donors (Lipinski definition) is 1. The van der Waals surface area contributed by atoms with Crippen LogP contribution in [0.4, 0.5) is 13.2 Å². The average Bonchev–Trinajstić information content (AvgIpc) is 3.05. The Labute approximate surface area is 178 Å². The van der Waals surface area contributed by atoms with E-state index in [2.05, 4.69) is 20.4 Å². The number of nitrogens with one attached hydrogen (secondary N) is 1. The van der Waals surface area contributed by atoms with Gasteiger partial charge in [-0.15, -0.1) is 0 Å². The summed E-state index contributed by atoms with van der Waals surface area (Å²) in [6, 6.07) is 1.13. The Bertz CT molecular complexity index is 979. The molecule has 9 nitrogen and oxygen atoms in total. The monoisotopic (exact) mass is 461 g/mol. The summed E-state index contributed by atoms with van der Waals surface area (Å²) in [6.45, 7) is 1.37. The van der Waals surface area contributed by atoms with Crippen LogP contribution in [-0.2, 0) is 16.6 Å². The fourth-order valence-corrected chi connectivity index (χ4v) is 3.78. The van der Waals surface area contributed by atoms with Crippen LogP contribution >= 0.6 is 0 Å². The minimum atomic E-state index is -4.55. The normalized spacial score (nSPS) is 17.5. The highest BCUT2D eigenvalue weighted by molar-refractivity contribution is 7.79. The number of carbonyl (C=O) groups excluding carboxylic acids is 1. The van der Waals surface area contributed by atoms with Crippen LogP contribution in [0.1, 0.15) is 59.9 Å². The highest BCUT2D eigenvalue weighted by Gasteiger charge is 2.35. The Kier molecular flexibility index (Phi) is 6.65. The summed E-state index contributed by atoms with van der Waals surface area (Å²) < 4.78 is 70.5. The lowest BCUT2D eigenvalue weighted by Crippen LogP contribution is -2.48. The maximum absolute atomic E-state index is 12.8. The van der Waals surface area contributed by atoms with Crippen LogP contribution in [0.5, 0.6) is 5.75 Å². The highest BCUT2D eigenvalue weighted by atomic mass is 32.2. The van der Waals surface area contributed by atoms with Crippen molar-refractivity contribution in [1.29, 1.82) is 0 Å². The number of hydrogen-bond acceptors (Lipinski definition) is 8. The van der Waals surface area contributed by atoms with Crippen LogP contribution in [0.15, 0.2) is 16.8 Å². The Balaban J connectivity index is 1.87. The smallest absolute Gasteiger partial charge is 0.422 e. The molecule has 1 aliphatic rings. The standard InChI is InChI=1S/C18H21F3N4O5S/c1-10-23-16(25-30-10)17(2,9-31(27)28)24-15(26)13-6-14(29-8-18(19,20)21)12(7-22-13)11-4-3-5-11/h6-7,11H,3-5,8-9H2,1-2H3,(H,24,26)(H,27,28)/p-1. The van der Waals surface area contributed by atoms with E-state index in [0.29, 0.717) is 5.56 Å². The maximum atomic E-state index is 12.8. The topological polar surface area (TPSA) is 130 Å². The molecule has 2 unspecified atom stereocenters. The zero-order valence-corrected chi connectivity index (χ0v) is 17.5. The molecular formula is C18H20F3N4O5S-. The summed E-state index contributed by atoms with van der Waals surface area (Å²) >= 11 is -2.58. The first-order valence-corrected chi connectivity index (χ1v) is 10.6. The van der Waals surface area contributed by atoms with Crippen LogP contribution in [0, 0.1) is 6.92 Å². The second kappa shape index (κ2) is 8.91. The molecule has 2 atom stereocenters. The number of carbonyl (C=O) groups is 1. The third-order valence-corrected chi connectivity index (χ3v) is 5.69. The van der Waals surface area contributed by atoms with Crippen molar-refractivity contribution in [2.75, 3.05) is 12.4 Å². The molecule has 1 saturated carbocycles. The third-order valence-electron chi connectivity index (χ3n) is 4.88. The van der Waals surface area contributed by atoms with Gasteiger partial charge in [-0.3, -0.25) is 14.0 Å². The van der Waals surface area contributed by atoms with Gasteiger partial charge in [0.15, 0.2) is 12.4 Å². The van der Waals surface area contributed by atoms with Crippen molar-refractivity contribution < 1.29 is 36.0 Å². The first kappa shape index (κ1) is 23.1. The number of alkyl halides is 3. The van der Waals surface area contributed by atoms with E-state index in [0.717, 1.165) is 25.3 Å². The van der Waals surface area contributed by atoms with Crippen molar-refractivity contribution >= 4 is 17.0 Å². The molecule has 0 radical (unpaired) electrons. The zero-order valence-electron chi connectivity index (χ0n) is 16.7. The van der Waals surface area contributed by atoms with Gasteiger partial charge in [0.2, 0.25) is 5.89 Å². The number of amides is 1. The molecule has 0 aromatic carbocycles. The summed E-state index contributed by atoms with van der Waals surface area (Å²) in [7, 11) is 0. The Morgan fingerprint density at radius 1 is 1.42 bits per heavy atom. The van der Waals surface area contributed by atoms with E-state index in [4.69, 9.17) is 9.26 Å². The zero-order chi connectivity index (χ0) is 22.8. The lowest BCUT2D eigenvalue weighted by molar-refractivity contribution is -0.153. The molecule has 1 N–H and O–H groups in total. The number of pyridine rings is 1. The Morgan fingerprint density at radius 3 is 2.65 bits per heavy atom. The number of ether oxygens (including phenoxy) is 1. The molecule has 170 valence electrons. The summed E-state index contributed by atoms with van der Waals surface area (Å²) in [6.07, 6.45) is -0.692. The summed E-state index contributed by atoms with van der Waals surface area (Å²) in [5.74, 6) is -1.35. The second-order valence-corrected chi connectivity index (χ2v) is 8.41. The molecule has 0 spiro atoms. The number of aryl methyl sites for hydroxylation is 1. The van der Waals surface area contributed by atoms with Gasteiger partial charge in [-0.2, -0.15) is 18.2 Å². The minimum absolute atomic E-state index is 0.0169. The largest absolute Gasteiger partial charge is 0.772 e. The minimum Gasteiger partial charge on any atom is -0.772 e. The lowest BCUT2D eigenvalue weighted by atomic mass is 9.80. The van der Waals surface area contributed by atoms with E-state index < -0.39 is 41.1 Å². The molecule has 0 bridgehead atoms. The van der Waals surface area contributed by atoms with E-state index in [1.165, 1.54) is 20.0 Å². The van der Waals surface area contributed by atoms with Gasteiger partial charge in [-0.05, 0) is 25.7 Å². The van der Waals surface area contributed by atoms with Crippen molar-refractivity contribution in [1.82, 2.24) is 20.4 Å². The van der Waals surface area contributed by atoms with Crippen LogP contribution in [-0.4, -0.2) is 48.3 Å². The van der Waals surface area contributed by atoms with Crippen LogP contribution < -0.4 is 10.1 Å². The van der Waals surface area contributed by atoms with Crippen molar-refractivity contribution in [3.8, 4) is 5.75 Å². The molecule has 3 rings (SSSR count). The quantitative estimate of drug-likeness (QED) is 0.594. The first-order valence-electron chi connectivity index (χ1n) is 9.35. The van der Waals surface area contributed by atoms with Gasteiger partial charge in [-0.25, -0.2) is 0 Å². The van der Waals surface area contributed by atoms with Crippen LogP contribution in [0.3, 0.4) is 0 Å². The van der Waals surface area contributed by atoms with E-state index >= 15 is 0 Å². The predicted molar refractivity (Wildman–Crippen MR) is 100 cm³/mol. The van der Waals surface area contributed by atoms with Crippen molar-refractivity contribution in [3.05, 3.63) is 35.2 Å². The van der Waals surface area contributed by atoms with Crippen molar-refractivity contribution in [2.24, 2.45) is 0 Å². The van der Waals surface area contributed by atoms with Gasteiger partial charge in [0.25, 0.3) is 5.91 Å². The van der Waals surface area contributed by atoms with Gasteiger partial charge in [-0.1, -0.05) is 22.7 Å². The second-order valence-electron chi connectivity index (χ2n) is 7.51. The Hall–Kier alpha value is -2.54. The van der Waals surface area contributed by atoms with E-state index in [-0.39, 0.29) is 29.1 Å². The number of aromatic nitrogens is 3. The van der Waals surface area contributed by atoms with Gasteiger partial charge in [0, 0.05) is 30.5 Å². The third kappa shape index (κ3) is 5.79. The van der Waals surface area contributed by atoms with Gasteiger partial charge in [0.1, 0.15) is 17.0 Å². The Morgan fingerprint density at radius 2 is 2.13 bits per heavy atom. The van der Waals surface area contributed by atoms with Gasteiger partial charge in [0.05, 0.1) is 0 Å². The SMILES string of the molecule is Cc1nc(C(C)(CS(=O)[O-])NC(=O)c2cc(OCC(F)(F)F)c(C3CCC3)cn2)no1. The van der Waals surface area contributed by atoms with Gasteiger partial charge < -0.3 is 19.1 Å². The summed E-state index contributed by atoms with van der Waals surface area (Å²) in [5, 5.41) is 6.16. The molecule has 2 heterocycles. The van der Waals surface area contributed by atoms with E-state index in [1.807, 2.05) is 0 Å². The number of nitrogens with zero attached hydrogens (tertiary/aromatic N) is 3. The van der Waals surface area contributed by atoms with Crippen molar-refractivity contribution in [2.45, 2.75) is 50.7 Å². The first-order chi connectivity index (χ1) is 14.5. The molecule has 1 amide bonds. The molecular weight excluding hydrogens is 441 g/mol. The van der Waals surface area contributed by atoms with Crippen LogP contribution in [0.25, 0.3) is 0 Å². The molecule has 31 heavy (non-hydrogen) atoms. The predicted octanol–water partition coefficient (Wildman–Crippen LogP) is 2.51. The molecule has 2 aromatic rings. The van der Waals surface area contributed by atoms with Crippen molar-refractivity contribution in [3.63, 3.8) is 0 Å². The molecule has 2 aromatic heterocycles. The van der Waals surface area contributed by atoms with Crippen LogP contribution in [0.2, 0.25) is 0 Å². The van der Waals surface area contributed by atoms with E-state index in [1.54, 1.807) is 0 Å². The fourth-order valence-electron chi connectivity index (χ4n) is 3.11. The molecule has 1 fully saturated rings. The average molecular weight is 461 g/mol. The molecule has 0 aliphatic heterocycles.